The highest BCUT2D eigenvalue weighted by Gasteiger charge is 2.10. The van der Waals surface area contributed by atoms with Gasteiger partial charge in [0.05, 0.1) is 16.6 Å². The summed E-state index contributed by atoms with van der Waals surface area (Å²) in [6, 6.07) is 10.4. The van der Waals surface area contributed by atoms with Gasteiger partial charge in [0, 0.05) is 4.47 Å². The molecule has 0 fully saturated rings. The average molecular weight is 335 g/mol. The fraction of sp³-hybridized carbons (Fsp3) is 0. The van der Waals surface area contributed by atoms with Crippen LogP contribution >= 0.6 is 15.9 Å². The van der Waals surface area contributed by atoms with E-state index in [-0.39, 0.29) is 5.39 Å². The summed E-state index contributed by atoms with van der Waals surface area (Å²) in [5, 5.41) is 0.132. The molecule has 1 N–H and O–H groups in total. The summed E-state index contributed by atoms with van der Waals surface area (Å²) >= 11 is 3.28. The summed E-state index contributed by atoms with van der Waals surface area (Å²) in [7, 11) is 0. The zero-order chi connectivity index (χ0) is 14.3. The largest absolute Gasteiger partial charge is 0.333 e. The second-order valence-electron chi connectivity index (χ2n) is 4.24. The van der Waals surface area contributed by atoms with Crippen molar-refractivity contribution >= 4 is 26.8 Å². The van der Waals surface area contributed by atoms with Crippen molar-refractivity contribution in [1.82, 2.24) is 9.55 Å². The van der Waals surface area contributed by atoms with E-state index in [1.54, 1.807) is 24.3 Å². The van der Waals surface area contributed by atoms with Gasteiger partial charge in [0.25, 0.3) is 5.56 Å². The van der Waals surface area contributed by atoms with Gasteiger partial charge in [0.15, 0.2) is 0 Å². The van der Waals surface area contributed by atoms with Gasteiger partial charge in [0.1, 0.15) is 5.82 Å². The third-order valence-corrected chi connectivity index (χ3v) is 3.47. The molecule has 100 valence electrons. The van der Waals surface area contributed by atoms with Crippen LogP contribution in [-0.2, 0) is 0 Å². The number of halogens is 2. The molecular weight excluding hydrogens is 327 g/mol. The van der Waals surface area contributed by atoms with Crippen molar-refractivity contribution in [3.8, 4) is 5.69 Å². The van der Waals surface area contributed by atoms with E-state index in [4.69, 9.17) is 0 Å². The molecule has 0 aliphatic rings. The van der Waals surface area contributed by atoms with Crippen LogP contribution in [0.15, 0.2) is 56.5 Å². The van der Waals surface area contributed by atoms with E-state index >= 15 is 0 Å². The van der Waals surface area contributed by atoms with Crippen LogP contribution in [0.3, 0.4) is 0 Å². The molecule has 0 atom stereocenters. The Hall–Kier alpha value is -2.21. The number of nitrogens with zero attached hydrogens (tertiary/aromatic N) is 1. The minimum atomic E-state index is -0.559. The van der Waals surface area contributed by atoms with Crippen molar-refractivity contribution in [2.45, 2.75) is 0 Å². The molecule has 6 heteroatoms. The standard InChI is InChI=1S/C14H8BrFN2O2/c15-8-1-4-10(5-2-8)18-13(19)11-7-9(16)3-6-12(11)17-14(18)20/h1-7H,(H,17,20). The van der Waals surface area contributed by atoms with Gasteiger partial charge in [-0.3, -0.25) is 4.79 Å². The number of fused-ring (bicyclic) bond motifs is 1. The Bertz CT molecular complexity index is 913. The van der Waals surface area contributed by atoms with E-state index in [1.165, 1.54) is 12.1 Å². The van der Waals surface area contributed by atoms with Crippen molar-refractivity contribution in [3.05, 3.63) is 73.6 Å². The number of hydrogen-bond acceptors (Lipinski definition) is 2. The van der Waals surface area contributed by atoms with Crippen LogP contribution in [0.5, 0.6) is 0 Å². The molecule has 0 aliphatic heterocycles. The maximum Gasteiger partial charge on any atom is 0.333 e. The number of nitrogens with one attached hydrogen (secondary N) is 1. The first-order valence-corrected chi connectivity index (χ1v) is 6.56. The quantitative estimate of drug-likeness (QED) is 0.743. The number of H-pyrrole nitrogens is 1. The molecule has 3 rings (SSSR count). The average Bonchev–Trinajstić information content (AvgIpc) is 2.42. The molecule has 0 radical (unpaired) electrons. The minimum Gasteiger partial charge on any atom is -0.306 e. The van der Waals surface area contributed by atoms with Crippen LogP contribution in [0.25, 0.3) is 16.6 Å². The van der Waals surface area contributed by atoms with Crippen LogP contribution < -0.4 is 11.2 Å². The number of aromatic amines is 1. The monoisotopic (exact) mass is 334 g/mol. The van der Waals surface area contributed by atoms with E-state index in [0.29, 0.717) is 11.2 Å². The first kappa shape index (κ1) is 12.8. The summed E-state index contributed by atoms with van der Waals surface area (Å²) in [5.41, 5.74) is -0.373. The van der Waals surface area contributed by atoms with Crippen molar-refractivity contribution < 1.29 is 4.39 Å². The minimum absolute atomic E-state index is 0.132. The van der Waals surface area contributed by atoms with Gasteiger partial charge in [-0.05, 0) is 42.5 Å². The molecule has 1 heterocycles. The highest BCUT2D eigenvalue weighted by Crippen LogP contribution is 2.13. The van der Waals surface area contributed by atoms with Crippen LogP contribution in [0, 0.1) is 5.82 Å². The molecule has 0 amide bonds. The van der Waals surface area contributed by atoms with Crippen molar-refractivity contribution in [3.63, 3.8) is 0 Å². The first-order chi connectivity index (χ1) is 9.56. The Labute approximate surface area is 120 Å². The Kier molecular flexibility index (Phi) is 3.02. The SMILES string of the molecule is O=c1[nH]c2ccc(F)cc2c(=O)n1-c1ccc(Br)cc1. The Morgan fingerprint density at radius 2 is 1.75 bits per heavy atom. The van der Waals surface area contributed by atoms with Gasteiger partial charge >= 0.3 is 5.69 Å². The molecule has 0 unspecified atom stereocenters. The van der Waals surface area contributed by atoms with E-state index in [9.17, 15) is 14.0 Å². The number of hydrogen-bond donors (Lipinski definition) is 1. The lowest BCUT2D eigenvalue weighted by atomic mass is 10.2. The van der Waals surface area contributed by atoms with Gasteiger partial charge in [0.2, 0.25) is 0 Å². The fourth-order valence-electron chi connectivity index (χ4n) is 2.01. The number of benzene rings is 2. The maximum absolute atomic E-state index is 13.3. The summed E-state index contributed by atoms with van der Waals surface area (Å²) in [4.78, 5) is 26.9. The molecule has 0 spiro atoms. The third-order valence-electron chi connectivity index (χ3n) is 2.94. The Balaban J connectivity index is 2.39. The van der Waals surface area contributed by atoms with Crippen molar-refractivity contribution in [2.75, 3.05) is 0 Å². The topological polar surface area (TPSA) is 54.9 Å². The zero-order valence-electron chi connectivity index (χ0n) is 10.1. The van der Waals surface area contributed by atoms with Gasteiger partial charge in [-0.2, -0.15) is 0 Å². The molecule has 3 aromatic rings. The first-order valence-electron chi connectivity index (χ1n) is 5.77. The summed E-state index contributed by atoms with van der Waals surface area (Å²) in [6.07, 6.45) is 0. The zero-order valence-corrected chi connectivity index (χ0v) is 11.6. The molecule has 0 saturated heterocycles. The lowest BCUT2D eigenvalue weighted by molar-refractivity contribution is 0.629. The van der Waals surface area contributed by atoms with Crippen LogP contribution in [-0.4, -0.2) is 9.55 Å². The van der Waals surface area contributed by atoms with E-state index < -0.39 is 17.1 Å². The van der Waals surface area contributed by atoms with Crippen LogP contribution in [0.1, 0.15) is 0 Å². The molecule has 1 aromatic heterocycles. The molecular formula is C14H8BrFN2O2. The Morgan fingerprint density at radius 1 is 1.05 bits per heavy atom. The smallest absolute Gasteiger partial charge is 0.306 e. The van der Waals surface area contributed by atoms with Crippen molar-refractivity contribution in [1.29, 1.82) is 0 Å². The normalized spacial score (nSPS) is 10.9. The fourth-order valence-corrected chi connectivity index (χ4v) is 2.28. The summed E-state index contributed by atoms with van der Waals surface area (Å²) < 4.78 is 15.1. The number of aromatic nitrogens is 2. The molecule has 0 aliphatic carbocycles. The van der Waals surface area contributed by atoms with Crippen molar-refractivity contribution in [2.24, 2.45) is 0 Å². The highest BCUT2D eigenvalue weighted by molar-refractivity contribution is 9.10. The second kappa shape index (κ2) is 4.72. The molecule has 20 heavy (non-hydrogen) atoms. The van der Waals surface area contributed by atoms with E-state index in [2.05, 4.69) is 20.9 Å². The van der Waals surface area contributed by atoms with Gasteiger partial charge < -0.3 is 4.98 Å². The summed E-state index contributed by atoms with van der Waals surface area (Å²) in [6.45, 7) is 0. The molecule has 4 nitrogen and oxygen atoms in total. The molecule has 0 bridgehead atoms. The number of rotatable bonds is 1. The van der Waals surface area contributed by atoms with Gasteiger partial charge in [-0.1, -0.05) is 15.9 Å². The lowest BCUT2D eigenvalue weighted by Gasteiger charge is -2.06. The second-order valence-corrected chi connectivity index (χ2v) is 5.15. The van der Waals surface area contributed by atoms with E-state index in [0.717, 1.165) is 15.1 Å². The highest BCUT2D eigenvalue weighted by atomic mass is 79.9. The van der Waals surface area contributed by atoms with Crippen LogP contribution in [0.4, 0.5) is 4.39 Å². The van der Waals surface area contributed by atoms with Crippen LogP contribution in [0.2, 0.25) is 0 Å². The predicted molar refractivity (Wildman–Crippen MR) is 77.8 cm³/mol. The third kappa shape index (κ3) is 2.08. The predicted octanol–water partition coefficient (Wildman–Crippen LogP) is 2.58. The summed E-state index contributed by atoms with van der Waals surface area (Å²) in [5.74, 6) is -0.524. The van der Waals surface area contributed by atoms with Gasteiger partial charge in [-0.25, -0.2) is 13.8 Å². The molecule has 2 aromatic carbocycles. The molecule has 0 saturated carbocycles. The maximum atomic E-state index is 13.3. The van der Waals surface area contributed by atoms with E-state index in [1.807, 2.05) is 0 Å². The Morgan fingerprint density at radius 3 is 2.45 bits per heavy atom. The lowest BCUT2D eigenvalue weighted by Crippen LogP contribution is -2.33. The van der Waals surface area contributed by atoms with Gasteiger partial charge in [-0.15, -0.1) is 0 Å².